The zero-order valence-corrected chi connectivity index (χ0v) is 13.9. The van der Waals surface area contributed by atoms with Gasteiger partial charge in [-0.3, -0.25) is 4.79 Å². The lowest BCUT2D eigenvalue weighted by molar-refractivity contribution is 0.0996. The molecule has 1 aromatic heterocycles. The minimum atomic E-state index is -0.204. The Morgan fingerprint density at radius 2 is 1.71 bits per heavy atom. The summed E-state index contributed by atoms with van der Waals surface area (Å²) in [6, 6.07) is 21.7. The number of pyridine rings is 1. The van der Waals surface area contributed by atoms with Crippen LogP contribution in [0, 0.1) is 13.8 Å². The van der Waals surface area contributed by atoms with Crippen molar-refractivity contribution in [1.29, 1.82) is 0 Å². The first-order valence-corrected chi connectivity index (χ1v) is 7.99. The van der Waals surface area contributed by atoms with Crippen LogP contribution in [0.4, 0.5) is 0 Å². The molecule has 0 N–H and O–H groups in total. The van der Waals surface area contributed by atoms with Crippen molar-refractivity contribution < 1.29 is 4.79 Å². The number of amides is 1. The highest BCUT2D eigenvalue weighted by Crippen LogP contribution is 2.11. The molecule has 0 bridgehead atoms. The van der Waals surface area contributed by atoms with Crippen LogP contribution in [0.1, 0.15) is 27.0 Å². The van der Waals surface area contributed by atoms with Crippen molar-refractivity contribution >= 4 is 5.91 Å². The number of carbonyl (C=O) groups excluding carboxylic acids is 1. The van der Waals surface area contributed by atoms with Gasteiger partial charge >= 0.3 is 0 Å². The van der Waals surface area contributed by atoms with Gasteiger partial charge < -0.3 is 4.57 Å². The van der Waals surface area contributed by atoms with Gasteiger partial charge in [0, 0.05) is 18.3 Å². The quantitative estimate of drug-likeness (QED) is 0.722. The zero-order valence-electron chi connectivity index (χ0n) is 13.9. The Bertz CT molecular complexity index is 924. The van der Waals surface area contributed by atoms with E-state index in [1.165, 1.54) is 5.56 Å². The molecule has 3 aromatic rings. The molecule has 0 unspecified atom stereocenters. The smallest absolute Gasteiger partial charge is 0.279 e. The number of hydrogen-bond acceptors (Lipinski definition) is 1. The normalized spacial score (nSPS) is 11.5. The number of aromatic nitrogens is 1. The molecular formula is C21H20N2O. The van der Waals surface area contributed by atoms with Gasteiger partial charge in [0.1, 0.15) is 5.49 Å². The molecule has 0 aliphatic rings. The third-order valence-corrected chi connectivity index (χ3v) is 3.95. The molecule has 120 valence electrons. The molecule has 3 nitrogen and oxygen atoms in total. The van der Waals surface area contributed by atoms with E-state index in [-0.39, 0.29) is 5.91 Å². The first-order valence-electron chi connectivity index (χ1n) is 7.99. The van der Waals surface area contributed by atoms with E-state index in [0.29, 0.717) is 17.6 Å². The van der Waals surface area contributed by atoms with Gasteiger partial charge in [-0.2, -0.15) is 4.99 Å². The molecule has 0 spiro atoms. The fourth-order valence-electron chi connectivity index (χ4n) is 2.61. The van der Waals surface area contributed by atoms with Crippen molar-refractivity contribution in [3.63, 3.8) is 0 Å². The van der Waals surface area contributed by atoms with Crippen LogP contribution in [0.5, 0.6) is 0 Å². The Balaban J connectivity index is 1.98. The number of hydrogen-bond donors (Lipinski definition) is 0. The molecule has 0 saturated carbocycles. The van der Waals surface area contributed by atoms with Gasteiger partial charge in [0.05, 0.1) is 0 Å². The van der Waals surface area contributed by atoms with Gasteiger partial charge in [-0.1, -0.05) is 54.1 Å². The fourth-order valence-corrected chi connectivity index (χ4v) is 2.61. The molecule has 0 aliphatic carbocycles. The highest BCUT2D eigenvalue weighted by atomic mass is 16.1. The molecule has 3 heteroatoms. The van der Waals surface area contributed by atoms with E-state index in [2.05, 4.69) is 17.1 Å². The van der Waals surface area contributed by atoms with Crippen LogP contribution in [0.15, 0.2) is 77.9 Å². The average molecular weight is 316 g/mol. The summed E-state index contributed by atoms with van der Waals surface area (Å²) in [6.45, 7) is 4.60. The molecular weight excluding hydrogens is 296 g/mol. The van der Waals surface area contributed by atoms with Crippen LogP contribution in [0.3, 0.4) is 0 Å². The highest BCUT2D eigenvalue weighted by molar-refractivity contribution is 5.96. The summed E-state index contributed by atoms with van der Waals surface area (Å²) in [5, 5.41) is 0. The number of aryl methyl sites for hydroxylation is 2. The van der Waals surface area contributed by atoms with Crippen LogP contribution >= 0.6 is 0 Å². The molecule has 0 saturated heterocycles. The maximum absolute atomic E-state index is 12.6. The topological polar surface area (TPSA) is 34.4 Å². The molecule has 1 amide bonds. The van der Waals surface area contributed by atoms with E-state index >= 15 is 0 Å². The highest BCUT2D eigenvalue weighted by Gasteiger charge is 2.08. The average Bonchev–Trinajstić information content (AvgIpc) is 2.59. The van der Waals surface area contributed by atoms with Crippen molar-refractivity contribution in [2.45, 2.75) is 20.4 Å². The third-order valence-electron chi connectivity index (χ3n) is 3.95. The standard InChI is InChI=1S/C21H20N2O/c1-16-11-12-17(2)19(14-16)21(24)22-20-10-6-7-13-23(20)15-18-8-4-3-5-9-18/h3-14H,15H2,1-2H3. The second-order valence-corrected chi connectivity index (χ2v) is 5.91. The van der Waals surface area contributed by atoms with Gasteiger partial charge in [0.2, 0.25) is 0 Å². The predicted molar refractivity (Wildman–Crippen MR) is 95.8 cm³/mol. The summed E-state index contributed by atoms with van der Waals surface area (Å²) in [5.74, 6) is -0.204. The van der Waals surface area contributed by atoms with Crippen LogP contribution in [0.2, 0.25) is 0 Å². The summed E-state index contributed by atoms with van der Waals surface area (Å²) in [7, 11) is 0. The van der Waals surface area contributed by atoms with E-state index < -0.39 is 0 Å². The van der Waals surface area contributed by atoms with E-state index in [4.69, 9.17) is 0 Å². The van der Waals surface area contributed by atoms with Gasteiger partial charge in [-0.25, -0.2) is 0 Å². The van der Waals surface area contributed by atoms with Crippen LogP contribution < -0.4 is 5.49 Å². The monoisotopic (exact) mass is 316 g/mol. The van der Waals surface area contributed by atoms with Gasteiger partial charge in [0.25, 0.3) is 5.91 Å². The van der Waals surface area contributed by atoms with E-state index in [0.717, 1.165) is 11.1 Å². The van der Waals surface area contributed by atoms with Gasteiger partial charge in [-0.05, 0) is 43.2 Å². The van der Waals surface area contributed by atoms with Crippen LogP contribution in [-0.4, -0.2) is 10.5 Å². The van der Waals surface area contributed by atoms with Gasteiger partial charge in [-0.15, -0.1) is 0 Å². The van der Waals surface area contributed by atoms with E-state index in [1.54, 1.807) is 0 Å². The Morgan fingerprint density at radius 1 is 0.958 bits per heavy atom. The summed E-state index contributed by atoms with van der Waals surface area (Å²) in [6.07, 6.45) is 1.95. The molecule has 1 heterocycles. The largest absolute Gasteiger partial charge is 0.328 e. The molecule has 0 aliphatic heterocycles. The number of rotatable bonds is 3. The lowest BCUT2D eigenvalue weighted by atomic mass is 10.1. The predicted octanol–water partition coefficient (Wildman–Crippen LogP) is 3.89. The molecule has 0 atom stereocenters. The van der Waals surface area contributed by atoms with Crippen LogP contribution in [0.25, 0.3) is 0 Å². The van der Waals surface area contributed by atoms with Gasteiger partial charge in [0.15, 0.2) is 0 Å². The number of carbonyl (C=O) groups is 1. The lowest BCUT2D eigenvalue weighted by Crippen LogP contribution is -2.22. The molecule has 24 heavy (non-hydrogen) atoms. The number of benzene rings is 2. The summed E-state index contributed by atoms with van der Waals surface area (Å²) >= 11 is 0. The lowest BCUT2D eigenvalue weighted by Gasteiger charge is -2.08. The Labute approximate surface area is 141 Å². The Hall–Kier alpha value is -2.94. The molecule has 0 fully saturated rings. The van der Waals surface area contributed by atoms with Crippen molar-refractivity contribution in [3.05, 3.63) is 101 Å². The Morgan fingerprint density at radius 3 is 2.50 bits per heavy atom. The first-order chi connectivity index (χ1) is 11.6. The molecule has 3 rings (SSSR count). The van der Waals surface area contributed by atoms with Crippen molar-refractivity contribution in [2.75, 3.05) is 0 Å². The summed E-state index contributed by atoms with van der Waals surface area (Å²) in [4.78, 5) is 17.0. The van der Waals surface area contributed by atoms with E-state index in [9.17, 15) is 4.79 Å². The minimum Gasteiger partial charge on any atom is -0.328 e. The molecule has 0 radical (unpaired) electrons. The maximum atomic E-state index is 12.6. The SMILES string of the molecule is Cc1ccc(C)c(C(=O)N=c2ccccn2Cc2ccccc2)c1. The third kappa shape index (κ3) is 3.69. The molecule has 2 aromatic carbocycles. The minimum absolute atomic E-state index is 0.204. The van der Waals surface area contributed by atoms with Crippen molar-refractivity contribution in [3.8, 4) is 0 Å². The summed E-state index contributed by atoms with van der Waals surface area (Å²) < 4.78 is 1.98. The number of nitrogens with zero attached hydrogens (tertiary/aromatic N) is 2. The van der Waals surface area contributed by atoms with Crippen molar-refractivity contribution in [1.82, 2.24) is 4.57 Å². The van der Waals surface area contributed by atoms with Crippen molar-refractivity contribution in [2.24, 2.45) is 4.99 Å². The fraction of sp³-hybridized carbons (Fsp3) is 0.143. The maximum Gasteiger partial charge on any atom is 0.279 e. The second kappa shape index (κ2) is 7.09. The first kappa shape index (κ1) is 15.9. The van der Waals surface area contributed by atoms with E-state index in [1.807, 2.05) is 79.2 Å². The Kier molecular flexibility index (Phi) is 4.71. The second-order valence-electron chi connectivity index (χ2n) is 5.91. The summed E-state index contributed by atoms with van der Waals surface area (Å²) in [5.41, 5.74) is 4.49. The zero-order chi connectivity index (χ0) is 16.9. The van der Waals surface area contributed by atoms with Crippen LogP contribution in [-0.2, 0) is 6.54 Å².